The van der Waals surface area contributed by atoms with Crippen LogP contribution in [0.3, 0.4) is 0 Å². The third-order valence-corrected chi connectivity index (χ3v) is 6.16. The van der Waals surface area contributed by atoms with E-state index in [0.717, 1.165) is 12.8 Å². The van der Waals surface area contributed by atoms with Gasteiger partial charge in [-0.25, -0.2) is 4.79 Å². The first kappa shape index (κ1) is 29.5. The first-order valence-electron chi connectivity index (χ1n) is 13.6. The summed E-state index contributed by atoms with van der Waals surface area (Å²) in [5.41, 5.74) is 0.926. The zero-order chi connectivity index (χ0) is 26.2. The average Bonchev–Trinajstić information content (AvgIpc) is 2.83. The third-order valence-electron chi connectivity index (χ3n) is 6.16. The molecule has 0 N–H and O–H groups in total. The van der Waals surface area contributed by atoms with Crippen LogP contribution in [-0.2, 0) is 23.8 Å². The molecule has 0 aliphatic carbocycles. The van der Waals surface area contributed by atoms with Gasteiger partial charge in [0.1, 0.15) is 0 Å². The van der Waals surface area contributed by atoms with Gasteiger partial charge in [-0.3, -0.25) is 14.6 Å². The van der Waals surface area contributed by atoms with Crippen molar-refractivity contribution in [2.24, 2.45) is 10.9 Å². The van der Waals surface area contributed by atoms with Crippen molar-refractivity contribution in [3.8, 4) is 0 Å². The number of unbranched alkanes of at least 4 members (excludes halogenated alkanes) is 12. The molecule has 1 aliphatic heterocycles. The van der Waals surface area contributed by atoms with Crippen molar-refractivity contribution in [3.05, 3.63) is 29.8 Å². The molecule has 1 aromatic rings. The quantitative estimate of drug-likeness (QED) is 0.0979. The van der Waals surface area contributed by atoms with Crippen molar-refractivity contribution < 1.29 is 28.6 Å². The lowest BCUT2D eigenvalue weighted by atomic mass is 10.0. The van der Waals surface area contributed by atoms with Crippen molar-refractivity contribution in [2.75, 3.05) is 6.61 Å². The van der Waals surface area contributed by atoms with Gasteiger partial charge in [0.2, 0.25) is 0 Å². The summed E-state index contributed by atoms with van der Waals surface area (Å²) in [6.45, 7) is 5.65. The number of aliphatic imine (C=N–C) groups is 1. The van der Waals surface area contributed by atoms with Crippen molar-refractivity contribution >= 4 is 29.8 Å². The Hall–Kier alpha value is -2.70. The van der Waals surface area contributed by atoms with Gasteiger partial charge in [-0.2, -0.15) is 0 Å². The fraction of sp³-hybridized carbons (Fsp3) is 0.655. The lowest BCUT2D eigenvalue weighted by Gasteiger charge is -2.31. The van der Waals surface area contributed by atoms with Crippen molar-refractivity contribution in [1.29, 1.82) is 0 Å². The van der Waals surface area contributed by atoms with Gasteiger partial charge in [0.25, 0.3) is 5.79 Å². The molecule has 0 amide bonds. The Kier molecular flexibility index (Phi) is 13.2. The SMILES string of the molecule is CCCCCCCCCCCCCCCOC(=O)c1ccc(N=CC2C(=O)OC(C)(C)OC2=O)cc1. The number of carbonyl (C=O) groups excluding carboxylic acids is 3. The molecule has 36 heavy (non-hydrogen) atoms. The van der Waals surface area contributed by atoms with Crippen LogP contribution in [0.2, 0.25) is 0 Å². The van der Waals surface area contributed by atoms with Crippen LogP contribution in [0.1, 0.15) is 115 Å². The van der Waals surface area contributed by atoms with Gasteiger partial charge in [0.15, 0.2) is 5.92 Å². The molecule has 1 saturated heterocycles. The van der Waals surface area contributed by atoms with Gasteiger partial charge in [-0.1, -0.05) is 84.0 Å². The van der Waals surface area contributed by atoms with Gasteiger partial charge >= 0.3 is 17.9 Å². The van der Waals surface area contributed by atoms with E-state index in [0.29, 0.717) is 17.9 Å². The summed E-state index contributed by atoms with van der Waals surface area (Å²) in [5, 5.41) is 0. The zero-order valence-corrected chi connectivity index (χ0v) is 22.3. The molecule has 7 nitrogen and oxygen atoms in total. The summed E-state index contributed by atoms with van der Waals surface area (Å²) in [6.07, 6.45) is 17.8. The average molecular weight is 502 g/mol. The number of rotatable bonds is 17. The summed E-state index contributed by atoms with van der Waals surface area (Å²) < 4.78 is 15.5. The number of esters is 3. The number of carbonyl (C=O) groups is 3. The Bertz CT molecular complexity index is 826. The minimum atomic E-state index is -1.27. The lowest BCUT2D eigenvalue weighted by Crippen LogP contribution is -2.46. The number of hydrogen-bond acceptors (Lipinski definition) is 7. The maximum atomic E-state index is 12.2. The highest BCUT2D eigenvalue weighted by atomic mass is 16.7. The van der Waals surface area contributed by atoms with Crippen LogP contribution in [0.5, 0.6) is 0 Å². The first-order valence-corrected chi connectivity index (χ1v) is 13.6. The highest BCUT2D eigenvalue weighted by Gasteiger charge is 2.42. The van der Waals surface area contributed by atoms with Gasteiger partial charge in [-0.15, -0.1) is 0 Å². The van der Waals surface area contributed by atoms with Gasteiger partial charge in [0, 0.05) is 20.1 Å². The van der Waals surface area contributed by atoms with Crippen LogP contribution in [0.15, 0.2) is 29.3 Å². The molecule has 0 spiro atoms. The molecule has 0 saturated carbocycles. The summed E-state index contributed by atoms with van der Waals surface area (Å²) in [6, 6.07) is 6.47. The predicted octanol–water partition coefficient (Wildman–Crippen LogP) is 7.09. The monoisotopic (exact) mass is 501 g/mol. The third kappa shape index (κ3) is 11.4. The fourth-order valence-electron chi connectivity index (χ4n) is 4.06. The van der Waals surface area contributed by atoms with Crippen LogP contribution in [0.4, 0.5) is 5.69 Å². The Labute approximate surface area is 216 Å². The highest BCUT2D eigenvalue weighted by Crippen LogP contribution is 2.23. The Balaban J connectivity index is 1.56. The second-order valence-corrected chi connectivity index (χ2v) is 9.92. The van der Waals surface area contributed by atoms with Crippen LogP contribution >= 0.6 is 0 Å². The Morgan fingerprint density at radius 2 is 1.31 bits per heavy atom. The molecule has 0 bridgehead atoms. The van der Waals surface area contributed by atoms with Crippen LogP contribution < -0.4 is 0 Å². The van der Waals surface area contributed by atoms with Gasteiger partial charge < -0.3 is 14.2 Å². The maximum absolute atomic E-state index is 12.2. The standard InChI is InChI=1S/C29H43NO6/c1-4-5-6-7-8-9-10-11-12-13-14-15-16-21-34-26(31)23-17-19-24(20-18-23)30-22-25-27(32)35-29(2,3)36-28(25)33/h17-20,22,25H,4-16,21H2,1-3H3. The maximum Gasteiger partial charge on any atom is 0.338 e. The van der Waals surface area contributed by atoms with Crippen molar-refractivity contribution in [3.63, 3.8) is 0 Å². The van der Waals surface area contributed by atoms with Crippen LogP contribution in [0.25, 0.3) is 0 Å². The normalized spacial score (nSPS) is 15.6. The molecular weight excluding hydrogens is 458 g/mol. The second-order valence-electron chi connectivity index (χ2n) is 9.92. The van der Waals surface area contributed by atoms with Crippen LogP contribution in [0, 0.1) is 5.92 Å². The van der Waals surface area contributed by atoms with Gasteiger partial charge in [0.05, 0.1) is 17.9 Å². The topological polar surface area (TPSA) is 91.3 Å². The van der Waals surface area contributed by atoms with Crippen molar-refractivity contribution in [2.45, 2.75) is 110 Å². The second kappa shape index (κ2) is 16.1. The minimum absolute atomic E-state index is 0.369. The van der Waals surface area contributed by atoms with E-state index in [2.05, 4.69) is 11.9 Å². The summed E-state index contributed by atoms with van der Waals surface area (Å²) in [4.78, 5) is 40.4. The minimum Gasteiger partial charge on any atom is -0.462 e. The van der Waals surface area contributed by atoms with E-state index in [-0.39, 0.29) is 5.97 Å². The Morgan fingerprint density at radius 1 is 0.833 bits per heavy atom. The van der Waals surface area contributed by atoms with E-state index in [9.17, 15) is 14.4 Å². The van der Waals surface area contributed by atoms with E-state index in [4.69, 9.17) is 14.2 Å². The lowest BCUT2D eigenvalue weighted by molar-refractivity contribution is -0.235. The molecule has 2 rings (SSSR count). The van der Waals surface area contributed by atoms with E-state index >= 15 is 0 Å². The Morgan fingerprint density at radius 3 is 1.81 bits per heavy atom. The number of ether oxygens (including phenoxy) is 3. The molecule has 0 radical (unpaired) electrons. The molecule has 0 aromatic heterocycles. The largest absolute Gasteiger partial charge is 0.462 e. The molecular formula is C29H43NO6. The summed E-state index contributed by atoms with van der Waals surface area (Å²) in [7, 11) is 0. The molecule has 1 aromatic carbocycles. The molecule has 7 heteroatoms. The van der Waals surface area contributed by atoms with E-state index in [1.807, 2.05) is 0 Å². The first-order chi connectivity index (χ1) is 17.3. The smallest absolute Gasteiger partial charge is 0.338 e. The molecule has 1 heterocycles. The molecule has 200 valence electrons. The number of cyclic esters (lactones) is 2. The van der Waals surface area contributed by atoms with Gasteiger partial charge in [-0.05, 0) is 30.7 Å². The predicted molar refractivity (Wildman–Crippen MR) is 140 cm³/mol. The molecule has 0 atom stereocenters. The fourth-order valence-corrected chi connectivity index (χ4v) is 4.06. The van der Waals surface area contributed by atoms with Crippen molar-refractivity contribution in [1.82, 2.24) is 0 Å². The number of hydrogen-bond donors (Lipinski definition) is 0. The molecule has 1 aliphatic rings. The van der Waals surface area contributed by atoms with E-state index in [1.54, 1.807) is 24.3 Å². The summed E-state index contributed by atoms with van der Waals surface area (Å²) in [5.74, 6) is -4.25. The van der Waals surface area contributed by atoms with E-state index in [1.165, 1.54) is 90.7 Å². The molecule has 1 fully saturated rings. The number of benzene rings is 1. The summed E-state index contributed by atoms with van der Waals surface area (Å²) >= 11 is 0. The zero-order valence-electron chi connectivity index (χ0n) is 22.3. The number of nitrogens with zero attached hydrogens (tertiary/aromatic N) is 1. The highest BCUT2D eigenvalue weighted by molar-refractivity contribution is 6.10. The van der Waals surface area contributed by atoms with Crippen LogP contribution in [-0.4, -0.2) is 36.5 Å². The molecule has 0 unspecified atom stereocenters. The van der Waals surface area contributed by atoms with E-state index < -0.39 is 23.6 Å².